The number of anilines is 1. The second-order valence-electron chi connectivity index (χ2n) is 7.86. The monoisotopic (exact) mass is 559 g/mol. The van der Waals surface area contributed by atoms with E-state index in [-0.39, 0.29) is 32.7 Å². The van der Waals surface area contributed by atoms with E-state index in [4.69, 9.17) is 27.9 Å². The van der Waals surface area contributed by atoms with Crippen LogP contribution in [0.5, 0.6) is 11.5 Å². The molecule has 0 aliphatic rings. The molecule has 12 heteroatoms. The van der Waals surface area contributed by atoms with Gasteiger partial charge >= 0.3 is 0 Å². The summed E-state index contributed by atoms with van der Waals surface area (Å²) in [5.74, 6) is -0.713. The molecule has 0 atom stereocenters. The zero-order valence-electron chi connectivity index (χ0n) is 19.4. The molecule has 0 fully saturated rings. The zero-order chi connectivity index (χ0) is 26.9. The van der Waals surface area contributed by atoms with Crippen molar-refractivity contribution in [2.45, 2.75) is 11.8 Å². The van der Waals surface area contributed by atoms with E-state index < -0.39 is 26.7 Å². The van der Waals surface area contributed by atoms with Gasteiger partial charge in [0.05, 0.1) is 29.1 Å². The Morgan fingerprint density at radius 2 is 1.76 bits per heavy atom. The number of hydrogen-bond donors (Lipinski definition) is 3. The predicted molar refractivity (Wildman–Crippen MR) is 142 cm³/mol. The number of fused-ring (bicyclic) bond motifs is 1. The Kier molecular flexibility index (Phi) is 7.37. The van der Waals surface area contributed by atoms with Crippen molar-refractivity contribution in [3.05, 3.63) is 81.8 Å². The lowest BCUT2D eigenvalue weighted by Gasteiger charge is -2.13. The smallest absolute Gasteiger partial charge is 0.296 e. The summed E-state index contributed by atoms with van der Waals surface area (Å²) in [5.41, 5.74) is 0.758. The largest absolute Gasteiger partial charge is 0.505 e. The van der Waals surface area contributed by atoms with Gasteiger partial charge in [0.1, 0.15) is 21.4 Å². The number of benzene rings is 4. The lowest BCUT2D eigenvalue weighted by molar-refractivity contribution is 0.102. The Bertz CT molecular complexity index is 1690. The normalized spacial score (nSPS) is 11.7. The van der Waals surface area contributed by atoms with E-state index in [0.29, 0.717) is 22.1 Å². The van der Waals surface area contributed by atoms with E-state index in [1.165, 1.54) is 19.2 Å². The van der Waals surface area contributed by atoms with Crippen LogP contribution < -0.4 is 10.1 Å². The van der Waals surface area contributed by atoms with Crippen LogP contribution in [0.1, 0.15) is 15.9 Å². The zero-order valence-corrected chi connectivity index (χ0v) is 21.7. The molecule has 0 spiro atoms. The molecule has 4 rings (SSSR count). The van der Waals surface area contributed by atoms with Crippen molar-refractivity contribution in [3.63, 3.8) is 0 Å². The Labute approximate surface area is 222 Å². The van der Waals surface area contributed by atoms with Gasteiger partial charge in [0.2, 0.25) is 0 Å². The number of aromatic hydroxyl groups is 1. The van der Waals surface area contributed by atoms with Crippen LogP contribution in [0.4, 0.5) is 17.1 Å². The summed E-state index contributed by atoms with van der Waals surface area (Å²) >= 11 is 12.3. The predicted octanol–water partition coefficient (Wildman–Crippen LogP) is 7.08. The Hall–Kier alpha value is -3.70. The molecule has 0 aromatic heterocycles. The number of halogens is 2. The van der Waals surface area contributed by atoms with Crippen LogP contribution in [0.3, 0.4) is 0 Å². The number of phenols is 1. The number of nitrogens with zero attached hydrogens (tertiary/aromatic N) is 2. The summed E-state index contributed by atoms with van der Waals surface area (Å²) in [4.78, 5) is 12.7. The van der Waals surface area contributed by atoms with Crippen molar-refractivity contribution >= 4 is 67.1 Å². The van der Waals surface area contributed by atoms with Gasteiger partial charge in [0.25, 0.3) is 16.0 Å². The molecular formula is C25H19Cl2N3O6S. The number of phenolic OH excluding ortho intramolecular Hbond substituents is 1. The average Bonchev–Trinajstić information content (AvgIpc) is 2.85. The Morgan fingerprint density at radius 3 is 2.46 bits per heavy atom. The van der Waals surface area contributed by atoms with Crippen molar-refractivity contribution in [1.29, 1.82) is 0 Å². The fourth-order valence-electron chi connectivity index (χ4n) is 3.60. The molecule has 37 heavy (non-hydrogen) atoms. The third kappa shape index (κ3) is 5.37. The summed E-state index contributed by atoms with van der Waals surface area (Å²) in [6.45, 7) is 1.55. The molecule has 3 N–H and O–H groups in total. The summed E-state index contributed by atoms with van der Waals surface area (Å²) in [6, 6.07) is 15.7. The van der Waals surface area contributed by atoms with Gasteiger partial charge < -0.3 is 15.2 Å². The second kappa shape index (κ2) is 10.3. The van der Waals surface area contributed by atoms with Crippen molar-refractivity contribution in [2.75, 3.05) is 12.4 Å². The van der Waals surface area contributed by atoms with Gasteiger partial charge in [-0.05, 0) is 48.2 Å². The number of carbonyl (C=O) groups is 1. The van der Waals surface area contributed by atoms with Crippen molar-refractivity contribution < 1.29 is 27.6 Å². The fraction of sp³-hybridized carbons (Fsp3) is 0.0800. The lowest BCUT2D eigenvalue weighted by Crippen LogP contribution is -2.12. The maximum absolute atomic E-state index is 13.1. The number of nitrogens with one attached hydrogen (secondary N) is 1. The van der Waals surface area contributed by atoms with E-state index in [0.717, 1.165) is 6.07 Å². The van der Waals surface area contributed by atoms with Gasteiger partial charge in [0, 0.05) is 5.39 Å². The number of amides is 1. The van der Waals surface area contributed by atoms with E-state index in [2.05, 4.69) is 15.5 Å². The molecule has 1 amide bonds. The molecule has 4 aromatic carbocycles. The van der Waals surface area contributed by atoms with Gasteiger partial charge in [-0.2, -0.15) is 13.5 Å². The summed E-state index contributed by atoms with van der Waals surface area (Å²) in [7, 11) is -3.08. The van der Waals surface area contributed by atoms with Gasteiger partial charge in [-0.15, -0.1) is 5.11 Å². The molecule has 190 valence electrons. The molecule has 0 radical (unpaired) electrons. The molecule has 0 unspecified atom stereocenters. The summed E-state index contributed by atoms with van der Waals surface area (Å²) < 4.78 is 37.5. The maximum Gasteiger partial charge on any atom is 0.296 e. The van der Waals surface area contributed by atoms with Crippen LogP contribution in [0, 0.1) is 6.92 Å². The van der Waals surface area contributed by atoms with Crippen molar-refractivity contribution in [3.8, 4) is 11.5 Å². The third-order valence-corrected chi connectivity index (χ3v) is 7.17. The minimum atomic E-state index is -4.53. The minimum absolute atomic E-state index is 0.00867. The first kappa shape index (κ1) is 26.4. The molecule has 0 saturated heterocycles. The van der Waals surface area contributed by atoms with Crippen molar-refractivity contribution in [2.24, 2.45) is 10.2 Å². The number of methoxy groups -OCH3 is 1. The molecule has 0 aliphatic heterocycles. The number of azo groups is 1. The quantitative estimate of drug-likeness (QED) is 0.170. The van der Waals surface area contributed by atoms with Gasteiger partial charge in [-0.25, -0.2) is 0 Å². The number of ether oxygens (including phenoxy) is 1. The SMILES string of the molecule is COc1cccc(NC(=O)c2cc3ccccc3c(N=Nc3cc(Cl)c(S(=O)(=O)O)cc3C)c2O)c1Cl. The third-order valence-electron chi connectivity index (χ3n) is 5.46. The Morgan fingerprint density at radius 1 is 1.03 bits per heavy atom. The number of rotatable bonds is 6. The van der Waals surface area contributed by atoms with Crippen LogP contribution in [0.25, 0.3) is 10.8 Å². The molecule has 0 aliphatic carbocycles. The molecule has 4 aromatic rings. The number of hydrogen-bond acceptors (Lipinski definition) is 7. The Balaban J connectivity index is 1.79. The summed E-state index contributed by atoms with van der Waals surface area (Å²) in [5, 5.41) is 23.1. The first-order chi connectivity index (χ1) is 17.5. The van der Waals surface area contributed by atoms with E-state index in [1.54, 1.807) is 49.4 Å². The highest BCUT2D eigenvalue weighted by molar-refractivity contribution is 7.86. The van der Waals surface area contributed by atoms with E-state index in [1.807, 2.05) is 0 Å². The highest BCUT2D eigenvalue weighted by Crippen LogP contribution is 2.41. The van der Waals surface area contributed by atoms with Crippen LogP contribution in [0.2, 0.25) is 10.0 Å². The molecule has 0 heterocycles. The molecule has 0 bridgehead atoms. The van der Waals surface area contributed by atoms with Crippen molar-refractivity contribution in [1.82, 2.24) is 0 Å². The van der Waals surface area contributed by atoms with Crippen LogP contribution in [-0.4, -0.2) is 31.1 Å². The minimum Gasteiger partial charge on any atom is -0.505 e. The second-order valence-corrected chi connectivity index (χ2v) is 10.0. The number of carbonyl (C=O) groups excluding carboxylic acids is 1. The lowest BCUT2D eigenvalue weighted by atomic mass is 10.0. The first-order valence-electron chi connectivity index (χ1n) is 10.6. The van der Waals surface area contributed by atoms with Crippen LogP contribution in [-0.2, 0) is 10.1 Å². The van der Waals surface area contributed by atoms with E-state index >= 15 is 0 Å². The maximum atomic E-state index is 13.1. The summed E-state index contributed by atoms with van der Waals surface area (Å²) in [6.07, 6.45) is 0. The molecule has 0 saturated carbocycles. The molecule has 9 nitrogen and oxygen atoms in total. The van der Waals surface area contributed by atoms with Crippen LogP contribution >= 0.6 is 23.2 Å². The topological polar surface area (TPSA) is 138 Å². The molecular weight excluding hydrogens is 541 g/mol. The van der Waals surface area contributed by atoms with Crippen LogP contribution in [0.15, 0.2) is 75.8 Å². The standard InChI is InChI=1S/C25H19Cl2N3O6S/c1-13-10-21(37(33,34)35)17(26)12-19(13)29-30-23-15-7-4-3-6-14(15)11-16(24(23)31)25(32)28-18-8-5-9-20(36-2)22(18)27/h3-12,31H,1-2H3,(H,28,32)(H,33,34,35). The highest BCUT2D eigenvalue weighted by Gasteiger charge is 2.21. The number of aryl methyl sites for hydroxylation is 1. The van der Waals surface area contributed by atoms with E-state index in [9.17, 15) is 22.9 Å². The van der Waals surface area contributed by atoms with Gasteiger partial charge in [-0.3, -0.25) is 9.35 Å². The van der Waals surface area contributed by atoms with Gasteiger partial charge in [-0.1, -0.05) is 53.5 Å². The first-order valence-corrected chi connectivity index (χ1v) is 12.8. The highest BCUT2D eigenvalue weighted by atomic mass is 35.5. The van der Waals surface area contributed by atoms with Gasteiger partial charge in [0.15, 0.2) is 5.75 Å². The fourth-order valence-corrected chi connectivity index (χ4v) is 4.93. The average molecular weight is 560 g/mol.